The number of ether oxygens (including phenoxy) is 1. The fraction of sp³-hybridized carbons (Fsp3) is 0.480. The van der Waals surface area contributed by atoms with Crippen LogP contribution >= 0.6 is 0 Å². The van der Waals surface area contributed by atoms with Gasteiger partial charge in [0, 0.05) is 36.2 Å². The van der Waals surface area contributed by atoms with E-state index in [1.54, 1.807) is 12.5 Å². The molecule has 2 aliphatic heterocycles. The van der Waals surface area contributed by atoms with Crippen molar-refractivity contribution in [1.29, 1.82) is 0 Å². The van der Waals surface area contributed by atoms with Gasteiger partial charge in [-0.3, -0.25) is 4.79 Å². The zero-order valence-electron chi connectivity index (χ0n) is 17.8. The maximum Gasteiger partial charge on any atom is 0.362 e. The quantitative estimate of drug-likeness (QED) is 0.559. The number of rotatable bonds is 4. The molecular weight excluding hydrogens is 390 g/mol. The van der Waals surface area contributed by atoms with Crippen LogP contribution < -0.4 is 5.56 Å². The van der Waals surface area contributed by atoms with E-state index in [2.05, 4.69) is 22.7 Å². The van der Waals surface area contributed by atoms with Crippen molar-refractivity contribution in [3.05, 3.63) is 64.2 Å². The van der Waals surface area contributed by atoms with Gasteiger partial charge >= 0.3 is 5.97 Å². The molecule has 4 bridgehead atoms. The molecule has 0 spiro atoms. The Morgan fingerprint density at radius 1 is 1.16 bits per heavy atom. The molecule has 5 atom stereocenters. The summed E-state index contributed by atoms with van der Waals surface area (Å²) < 4.78 is 6.95. The van der Waals surface area contributed by atoms with Crippen molar-refractivity contribution in [2.24, 2.45) is 11.8 Å². The van der Waals surface area contributed by atoms with E-state index in [9.17, 15) is 9.59 Å². The number of allylic oxidation sites excluding steroid dienone is 2. The molecule has 5 aliphatic rings. The van der Waals surface area contributed by atoms with Crippen molar-refractivity contribution in [3.8, 4) is 0 Å². The molecule has 31 heavy (non-hydrogen) atoms. The summed E-state index contributed by atoms with van der Waals surface area (Å²) in [5, 5.41) is 0. The Morgan fingerprint density at radius 2 is 1.87 bits per heavy atom. The Bertz CT molecular complexity index is 1170. The van der Waals surface area contributed by atoms with Gasteiger partial charge < -0.3 is 14.2 Å². The number of carbonyl (C=O) groups excluding carboxylic acids is 1. The predicted molar refractivity (Wildman–Crippen MR) is 118 cm³/mol. The van der Waals surface area contributed by atoms with E-state index in [1.165, 1.54) is 12.0 Å². The second-order valence-electron chi connectivity index (χ2n) is 9.35. The molecule has 5 fully saturated rings. The van der Waals surface area contributed by atoms with Gasteiger partial charge in [0.1, 0.15) is 0 Å². The van der Waals surface area contributed by atoms with E-state index in [0.29, 0.717) is 29.4 Å². The molecule has 0 amide bonds. The number of esters is 1. The average Bonchev–Trinajstić information content (AvgIpc) is 2.97. The molecule has 2 aromatic rings. The highest BCUT2D eigenvalue weighted by atomic mass is 16.5. The highest BCUT2D eigenvalue weighted by molar-refractivity contribution is 5.89. The maximum absolute atomic E-state index is 13.4. The maximum atomic E-state index is 13.4. The average molecular weight is 418 g/mol. The minimum absolute atomic E-state index is 0.0617. The van der Waals surface area contributed by atoms with Crippen molar-refractivity contribution in [1.82, 2.24) is 14.5 Å². The largest absolute Gasteiger partial charge is 0.461 e. The molecular formula is C25H27N3O3. The molecule has 1 aromatic heterocycles. The summed E-state index contributed by atoms with van der Waals surface area (Å²) in [4.78, 5) is 32.8. The third-order valence-corrected chi connectivity index (χ3v) is 7.86. The van der Waals surface area contributed by atoms with Crippen molar-refractivity contribution < 1.29 is 9.53 Å². The number of hydrogen-bond acceptors (Lipinski definition) is 5. The zero-order valence-corrected chi connectivity index (χ0v) is 17.8. The number of aromatic nitrogens is 2. The summed E-state index contributed by atoms with van der Waals surface area (Å²) >= 11 is 0. The molecule has 0 radical (unpaired) electrons. The first-order valence-electron chi connectivity index (χ1n) is 11.4. The van der Waals surface area contributed by atoms with E-state index in [1.807, 2.05) is 28.8 Å². The van der Waals surface area contributed by atoms with Crippen molar-refractivity contribution >= 4 is 17.0 Å². The van der Waals surface area contributed by atoms with E-state index >= 15 is 0 Å². The van der Waals surface area contributed by atoms with Gasteiger partial charge in [-0.15, -0.1) is 0 Å². The van der Waals surface area contributed by atoms with Crippen LogP contribution in [-0.2, 0) is 4.74 Å². The van der Waals surface area contributed by atoms with Gasteiger partial charge in [0.15, 0.2) is 0 Å². The standard InChI is InChI=1S/C25H27N3O3/c1-3-31-25(30)23-24(29)28(22-7-5-4-6-21(22)26-23)17-10-15-8-9-16(11-17)27(15)13-20-18-12-19(20)14(18)2/h4-7,13,15-19H,2-3,8-12H2,1H3/t15-,16+,17?,18?,19?. The lowest BCUT2D eigenvalue weighted by Crippen LogP contribution is -2.48. The number of nitrogens with zero attached hydrogens (tertiary/aromatic N) is 3. The third-order valence-electron chi connectivity index (χ3n) is 7.86. The van der Waals surface area contributed by atoms with Gasteiger partial charge in [0.05, 0.1) is 17.6 Å². The van der Waals surface area contributed by atoms with Gasteiger partial charge in [0.2, 0.25) is 5.69 Å². The first-order valence-corrected chi connectivity index (χ1v) is 11.4. The molecule has 160 valence electrons. The van der Waals surface area contributed by atoms with Crippen LogP contribution in [0.1, 0.15) is 55.6 Å². The first kappa shape index (κ1) is 18.8. The van der Waals surface area contributed by atoms with Gasteiger partial charge in [-0.1, -0.05) is 24.3 Å². The number of fused-ring (bicyclic) bond motifs is 3. The smallest absolute Gasteiger partial charge is 0.362 e. The molecule has 3 aliphatic carbocycles. The monoisotopic (exact) mass is 417 g/mol. The highest BCUT2D eigenvalue weighted by Crippen LogP contribution is 2.62. The van der Waals surface area contributed by atoms with Gasteiger partial charge in [0.25, 0.3) is 5.56 Å². The van der Waals surface area contributed by atoms with Gasteiger partial charge in [-0.2, -0.15) is 0 Å². The fourth-order valence-corrected chi connectivity index (χ4v) is 6.11. The molecule has 6 nitrogen and oxygen atoms in total. The number of piperidine rings is 1. The molecule has 0 N–H and O–H groups in total. The van der Waals surface area contributed by atoms with E-state index in [4.69, 9.17) is 4.74 Å². The fourth-order valence-electron chi connectivity index (χ4n) is 6.11. The molecule has 3 heterocycles. The topological polar surface area (TPSA) is 64.4 Å². The molecule has 3 saturated carbocycles. The Balaban J connectivity index is 1.36. The van der Waals surface area contributed by atoms with Crippen LogP contribution in [-0.4, -0.2) is 39.1 Å². The zero-order chi connectivity index (χ0) is 21.3. The van der Waals surface area contributed by atoms with Gasteiger partial charge in [-0.25, -0.2) is 9.78 Å². The number of benzene rings is 1. The van der Waals surface area contributed by atoms with E-state index < -0.39 is 5.97 Å². The second-order valence-corrected chi connectivity index (χ2v) is 9.35. The van der Waals surface area contributed by atoms with Crippen LogP contribution in [0.25, 0.3) is 11.0 Å². The summed E-state index contributed by atoms with van der Waals surface area (Å²) in [6.45, 7) is 6.13. The van der Waals surface area contributed by atoms with Gasteiger partial charge in [-0.05, 0) is 56.7 Å². The Hall–Kier alpha value is -2.89. The summed E-state index contributed by atoms with van der Waals surface area (Å²) in [7, 11) is 0. The minimum Gasteiger partial charge on any atom is -0.461 e. The number of hydrogen-bond donors (Lipinski definition) is 0. The summed E-state index contributed by atoms with van der Waals surface area (Å²) in [5.41, 5.74) is 4.00. The molecule has 2 saturated heterocycles. The van der Waals surface area contributed by atoms with Crippen molar-refractivity contribution in [3.63, 3.8) is 0 Å². The Morgan fingerprint density at radius 3 is 2.52 bits per heavy atom. The normalized spacial score (nSPS) is 30.7. The highest BCUT2D eigenvalue weighted by Gasteiger charge is 2.52. The summed E-state index contributed by atoms with van der Waals surface area (Å²) in [6, 6.07) is 8.54. The second kappa shape index (κ2) is 6.81. The summed E-state index contributed by atoms with van der Waals surface area (Å²) in [5.74, 6) is 0.614. The first-order chi connectivity index (χ1) is 15.1. The SMILES string of the molecule is C=C1C2CC1C2=CN1[C@@H]2CC[C@H]1CC(n1c(=O)c(C(=O)OCC)nc3ccccc31)C2. The molecule has 1 aromatic carbocycles. The van der Waals surface area contributed by atoms with Crippen molar-refractivity contribution in [2.45, 2.75) is 57.2 Å². The lowest BCUT2D eigenvalue weighted by atomic mass is 9.49. The lowest BCUT2D eigenvalue weighted by molar-refractivity contribution is 0.0516. The van der Waals surface area contributed by atoms with Crippen LogP contribution in [0.2, 0.25) is 0 Å². The van der Waals surface area contributed by atoms with Crippen LogP contribution in [0.15, 0.2) is 53.0 Å². The Kier molecular flexibility index (Phi) is 4.14. The van der Waals surface area contributed by atoms with Crippen molar-refractivity contribution in [2.75, 3.05) is 6.61 Å². The molecule has 6 heteroatoms. The molecule has 7 rings (SSSR count). The third kappa shape index (κ3) is 2.66. The van der Waals surface area contributed by atoms with E-state index in [-0.39, 0.29) is 23.9 Å². The summed E-state index contributed by atoms with van der Waals surface area (Å²) in [6.07, 6.45) is 7.84. The van der Waals surface area contributed by atoms with Crippen LogP contribution in [0.4, 0.5) is 0 Å². The van der Waals surface area contributed by atoms with Crippen LogP contribution in [0.3, 0.4) is 0 Å². The number of carbonyl (C=O) groups is 1. The minimum atomic E-state index is -0.637. The molecule has 3 unspecified atom stereocenters. The number of para-hydroxylation sites is 2. The van der Waals surface area contributed by atoms with E-state index in [0.717, 1.165) is 31.2 Å². The van der Waals surface area contributed by atoms with Crippen LogP contribution in [0, 0.1) is 11.8 Å². The van der Waals surface area contributed by atoms with Crippen LogP contribution in [0.5, 0.6) is 0 Å². The Labute approximate surface area is 181 Å². The predicted octanol–water partition coefficient (Wildman–Crippen LogP) is 3.83. The lowest BCUT2D eigenvalue weighted by Gasteiger charge is -2.56.